The van der Waals surface area contributed by atoms with Gasteiger partial charge in [-0.25, -0.2) is 4.79 Å². The third-order valence-electron chi connectivity index (χ3n) is 0.0713. The molecule has 6 heavy (non-hydrogen) atoms. The van der Waals surface area contributed by atoms with E-state index in [9.17, 15) is 0 Å². The van der Waals surface area contributed by atoms with E-state index in [4.69, 9.17) is 15.2 Å². The summed E-state index contributed by atoms with van der Waals surface area (Å²) in [4.78, 5) is 11.2. The summed E-state index contributed by atoms with van der Waals surface area (Å²) in [5, 5.41) is 15.7. The van der Waals surface area contributed by atoms with Gasteiger partial charge < -0.3 is 15.3 Å². The normalized spacial score (nSPS) is 5.50. The number of carboxylic acid groups (broad SMARTS) is 1. The van der Waals surface area contributed by atoms with E-state index < -0.39 is 6.16 Å². The molecule has 30 valence electrons. The molecule has 0 aliphatic heterocycles. The van der Waals surface area contributed by atoms with E-state index in [2.05, 4.69) is 4.89 Å². The van der Waals surface area contributed by atoms with Gasteiger partial charge >= 0.3 is 41.8 Å². The van der Waals surface area contributed by atoms with E-state index >= 15 is 0 Å². The SMILES string of the molecule is O=C(O)O[O-].[La+3]. The van der Waals surface area contributed by atoms with E-state index in [-0.39, 0.29) is 35.6 Å². The Morgan fingerprint density at radius 2 is 2.00 bits per heavy atom. The van der Waals surface area contributed by atoms with Crippen molar-refractivity contribution in [3.8, 4) is 0 Å². The standard InChI is InChI=1S/CH2O4.La/c2-1(3)5-4;/h4H,(H,2,3);/q;+3/p-1. The second kappa shape index (κ2) is 5.42. The quantitative estimate of drug-likeness (QED) is 0.414. The Morgan fingerprint density at radius 1 is 1.83 bits per heavy atom. The third kappa shape index (κ3) is 8.83. The van der Waals surface area contributed by atoms with Gasteiger partial charge in [-0.05, 0) is 0 Å². The topological polar surface area (TPSA) is 69.6 Å². The van der Waals surface area contributed by atoms with Gasteiger partial charge in [0.15, 0.2) is 0 Å². The Hall–Kier alpha value is 0.425. The number of hydrogen-bond acceptors (Lipinski definition) is 3. The molecule has 0 aromatic carbocycles. The zero-order chi connectivity index (χ0) is 4.28. The Balaban J connectivity index is 0. The van der Waals surface area contributed by atoms with Crippen LogP contribution < -0.4 is 5.26 Å². The summed E-state index contributed by atoms with van der Waals surface area (Å²) in [6.45, 7) is 0. The van der Waals surface area contributed by atoms with Gasteiger partial charge in [0.2, 0.25) is 0 Å². The molecule has 4 nitrogen and oxygen atoms in total. The summed E-state index contributed by atoms with van der Waals surface area (Å²) in [5.74, 6) is 0. The van der Waals surface area contributed by atoms with Crippen LogP contribution in [0.1, 0.15) is 0 Å². The van der Waals surface area contributed by atoms with Gasteiger partial charge in [-0.1, -0.05) is 0 Å². The first-order valence-electron chi connectivity index (χ1n) is 0.799. The molecule has 0 rings (SSSR count). The predicted molar refractivity (Wildman–Crippen MR) is 9.11 cm³/mol. The zero-order valence-corrected chi connectivity index (χ0v) is 6.38. The summed E-state index contributed by atoms with van der Waals surface area (Å²) < 4.78 is 0. The van der Waals surface area contributed by atoms with Gasteiger partial charge in [0.05, 0.1) is 0 Å². The maximum Gasteiger partial charge on any atom is 3.00 e. The van der Waals surface area contributed by atoms with Crippen molar-refractivity contribution < 1.29 is 55.6 Å². The maximum atomic E-state index is 8.83. The minimum absolute atomic E-state index is 0. The molecule has 0 aliphatic carbocycles. The molecule has 0 atom stereocenters. The molecular weight excluding hydrogens is 215 g/mol. The van der Waals surface area contributed by atoms with Crippen LogP contribution in [0, 0.1) is 35.6 Å². The third-order valence-corrected chi connectivity index (χ3v) is 0.0713. The van der Waals surface area contributed by atoms with Crippen LogP contribution in [0.2, 0.25) is 0 Å². The van der Waals surface area contributed by atoms with E-state index in [0.717, 1.165) is 0 Å². The van der Waals surface area contributed by atoms with Crippen LogP contribution in [0.5, 0.6) is 0 Å². The van der Waals surface area contributed by atoms with Crippen LogP contribution in [0.15, 0.2) is 0 Å². The van der Waals surface area contributed by atoms with Crippen molar-refractivity contribution >= 4 is 6.16 Å². The molecule has 0 saturated carbocycles. The smallest absolute Gasteiger partial charge is 0.659 e. The van der Waals surface area contributed by atoms with Crippen molar-refractivity contribution in [1.82, 2.24) is 0 Å². The van der Waals surface area contributed by atoms with Gasteiger partial charge in [0.1, 0.15) is 0 Å². The summed E-state index contributed by atoms with van der Waals surface area (Å²) in [5.41, 5.74) is 0. The molecule has 5 heteroatoms. The first-order valence-corrected chi connectivity index (χ1v) is 0.799. The molecule has 0 aromatic rings. The first kappa shape index (κ1) is 9.66. The molecule has 0 bridgehead atoms. The Kier molecular flexibility index (Phi) is 8.73. The average molecular weight is 216 g/mol. The van der Waals surface area contributed by atoms with Crippen LogP contribution in [0.4, 0.5) is 4.79 Å². The molecule has 0 aliphatic rings. The summed E-state index contributed by atoms with van der Waals surface area (Å²) in [6.07, 6.45) is -1.80. The maximum absolute atomic E-state index is 8.83. The largest absolute Gasteiger partial charge is 3.00 e. The average Bonchev–Trinajstić information content (AvgIpc) is 1.38. The van der Waals surface area contributed by atoms with E-state index in [1.807, 2.05) is 0 Å². The van der Waals surface area contributed by atoms with Crippen LogP contribution in [0.3, 0.4) is 0 Å². The second-order valence-corrected chi connectivity index (χ2v) is 0.349. The molecule has 0 fully saturated rings. The number of rotatable bonds is 0. The fourth-order valence-corrected chi connectivity index (χ4v) is 0. The van der Waals surface area contributed by atoms with Crippen molar-refractivity contribution in [1.29, 1.82) is 0 Å². The van der Waals surface area contributed by atoms with E-state index in [1.165, 1.54) is 0 Å². The Bertz CT molecular complexity index is 42.8. The summed E-state index contributed by atoms with van der Waals surface area (Å²) in [7, 11) is 0. The van der Waals surface area contributed by atoms with Crippen LogP contribution >= 0.6 is 0 Å². The van der Waals surface area contributed by atoms with E-state index in [0.29, 0.717) is 0 Å². The molecule has 0 unspecified atom stereocenters. The van der Waals surface area contributed by atoms with Gasteiger partial charge in [-0.15, -0.1) is 0 Å². The second-order valence-electron chi connectivity index (χ2n) is 0.349. The van der Waals surface area contributed by atoms with Gasteiger partial charge in [-0.2, -0.15) is 0 Å². The molecule has 0 saturated heterocycles. The van der Waals surface area contributed by atoms with Crippen molar-refractivity contribution in [2.45, 2.75) is 0 Å². The van der Waals surface area contributed by atoms with Crippen LogP contribution in [-0.4, -0.2) is 11.3 Å². The first-order chi connectivity index (χ1) is 2.27. The summed E-state index contributed by atoms with van der Waals surface area (Å²) in [6, 6.07) is 0. The van der Waals surface area contributed by atoms with Crippen molar-refractivity contribution in [2.24, 2.45) is 0 Å². The minimum Gasteiger partial charge on any atom is -0.659 e. The predicted octanol–water partition coefficient (Wildman–Crippen LogP) is -1.04. The van der Waals surface area contributed by atoms with Crippen molar-refractivity contribution in [3.63, 3.8) is 0 Å². The Morgan fingerprint density at radius 3 is 2.00 bits per heavy atom. The molecule has 0 radical (unpaired) electrons. The van der Waals surface area contributed by atoms with E-state index in [1.54, 1.807) is 0 Å². The van der Waals surface area contributed by atoms with Crippen molar-refractivity contribution in [3.05, 3.63) is 0 Å². The van der Waals surface area contributed by atoms with Crippen LogP contribution in [-0.2, 0) is 4.89 Å². The zero-order valence-electron chi connectivity index (χ0n) is 2.75. The van der Waals surface area contributed by atoms with Gasteiger partial charge in [-0.3, -0.25) is 0 Å². The fraction of sp³-hybridized carbons (Fsp3) is 0. The molecule has 1 N–H and O–H groups in total. The number of carbonyl (C=O) groups is 1. The molecule has 0 aromatic heterocycles. The monoisotopic (exact) mass is 216 g/mol. The Labute approximate surface area is 61.6 Å². The molecular formula is CHLaO4+2. The fourth-order valence-electron chi connectivity index (χ4n) is 0. The van der Waals surface area contributed by atoms with Crippen molar-refractivity contribution in [2.75, 3.05) is 0 Å². The number of hydrogen-bond donors (Lipinski definition) is 1. The van der Waals surface area contributed by atoms with Gasteiger partial charge in [0.25, 0.3) is 0 Å². The molecule has 0 heterocycles. The summed E-state index contributed by atoms with van der Waals surface area (Å²) >= 11 is 0. The van der Waals surface area contributed by atoms with Crippen LogP contribution in [0.25, 0.3) is 0 Å². The molecule has 0 spiro atoms. The molecule has 0 amide bonds. The van der Waals surface area contributed by atoms with Gasteiger partial charge in [0, 0.05) is 0 Å². The minimum atomic E-state index is -1.80.